The first-order valence-corrected chi connectivity index (χ1v) is 23.3. The molecule has 0 N–H and O–H groups in total. The Labute approximate surface area is 335 Å². The molecule has 1 rings (SSSR count). The minimum Gasteiger partial charge on any atom is -0.493 e. The second-order valence-corrected chi connectivity index (χ2v) is 16.8. The van der Waals surface area contributed by atoms with Gasteiger partial charge in [0, 0.05) is 17.7 Å². The SMILES string of the molecule is CCCCCCCCCCCCOc1cc(OCCCCCCCCCCCC)c(OCCCCCCCCCCCC)cc1C=CC(=O)OC(C)(C)C. The number of unbranched alkanes of at least 4 members (excludes halogenated alkanes) is 27. The molecule has 314 valence electrons. The Morgan fingerprint density at radius 3 is 1.07 bits per heavy atom. The van der Waals surface area contributed by atoms with E-state index < -0.39 is 5.60 Å². The summed E-state index contributed by atoms with van der Waals surface area (Å²) >= 11 is 0. The first kappa shape index (κ1) is 49.8. The van der Waals surface area contributed by atoms with Crippen LogP contribution in [0.4, 0.5) is 0 Å². The molecule has 0 aliphatic heterocycles. The van der Waals surface area contributed by atoms with E-state index >= 15 is 0 Å². The Balaban J connectivity index is 2.86. The largest absolute Gasteiger partial charge is 0.493 e. The maximum absolute atomic E-state index is 12.7. The van der Waals surface area contributed by atoms with Crippen molar-refractivity contribution in [1.82, 2.24) is 0 Å². The van der Waals surface area contributed by atoms with Gasteiger partial charge in [-0.15, -0.1) is 0 Å². The number of benzene rings is 1. The highest BCUT2D eigenvalue weighted by molar-refractivity contribution is 5.88. The molecule has 54 heavy (non-hydrogen) atoms. The lowest BCUT2D eigenvalue weighted by Gasteiger charge is -2.18. The van der Waals surface area contributed by atoms with E-state index in [2.05, 4.69) is 20.8 Å². The van der Waals surface area contributed by atoms with Crippen molar-refractivity contribution in [1.29, 1.82) is 0 Å². The van der Waals surface area contributed by atoms with Gasteiger partial charge in [-0.1, -0.05) is 194 Å². The zero-order valence-corrected chi connectivity index (χ0v) is 36.7. The van der Waals surface area contributed by atoms with Crippen LogP contribution in [0, 0.1) is 0 Å². The van der Waals surface area contributed by atoms with Crippen molar-refractivity contribution in [2.24, 2.45) is 0 Å². The van der Waals surface area contributed by atoms with Crippen molar-refractivity contribution < 1.29 is 23.7 Å². The van der Waals surface area contributed by atoms with Gasteiger partial charge in [0.2, 0.25) is 0 Å². The van der Waals surface area contributed by atoms with Gasteiger partial charge >= 0.3 is 5.97 Å². The van der Waals surface area contributed by atoms with Gasteiger partial charge in [-0.2, -0.15) is 0 Å². The van der Waals surface area contributed by atoms with Crippen LogP contribution in [0.15, 0.2) is 18.2 Å². The summed E-state index contributed by atoms with van der Waals surface area (Å²) in [5.74, 6) is 1.84. The van der Waals surface area contributed by atoms with Gasteiger partial charge in [0.05, 0.1) is 19.8 Å². The molecular formula is C49H88O5. The molecule has 0 bridgehead atoms. The summed E-state index contributed by atoms with van der Waals surface area (Å²) < 4.78 is 24.8. The van der Waals surface area contributed by atoms with Crippen LogP contribution in [0.1, 0.15) is 240 Å². The number of rotatable bonds is 38. The van der Waals surface area contributed by atoms with Gasteiger partial charge in [0.25, 0.3) is 0 Å². The molecule has 0 heterocycles. The third kappa shape index (κ3) is 30.1. The summed E-state index contributed by atoms with van der Waals surface area (Å²) in [5, 5.41) is 0. The second-order valence-electron chi connectivity index (χ2n) is 16.8. The summed E-state index contributed by atoms with van der Waals surface area (Å²) in [4.78, 5) is 12.7. The molecule has 0 saturated carbocycles. The van der Waals surface area contributed by atoms with Crippen LogP contribution in [0.5, 0.6) is 17.2 Å². The highest BCUT2D eigenvalue weighted by Gasteiger charge is 2.16. The summed E-state index contributed by atoms with van der Waals surface area (Å²) in [7, 11) is 0. The Hall–Kier alpha value is -2.17. The van der Waals surface area contributed by atoms with E-state index in [-0.39, 0.29) is 5.97 Å². The molecule has 5 heteroatoms. The smallest absolute Gasteiger partial charge is 0.331 e. The summed E-state index contributed by atoms with van der Waals surface area (Å²) in [5.41, 5.74) is 0.267. The Morgan fingerprint density at radius 2 is 0.741 bits per heavy atom. The van der Waals surface area contributed by atoms with Gasteiger partial charge in [0.15, 0.2) is 11.5 Å². The van der Waals surface area contributed by atoms with E-state index in [4.69, 9.17) is 18.9 Å². The molecule has 0 spiro atoms. The van der Waals surface area contributed by atoms with Gasteiger partial charge in [-0.3, -0.25) is 0 Å². The molecule has 5 nitrogen and oxygen atoms in total. The molecular weight excluding hydrogens is 669 g/mol. The predicted molar refractivity (Wildman–Crippen MR) is 233 cm³/mol. The normalized spacial score (nSPS) is 11.7. The van der Waals surface area contributed by atoms with Crippen LogP contribution in [-0.4, -0.2) is 31.4 Å². The van der Waals surface area contributed by atoms with Gasteiger partial charge < -0.3 is 18.9 Å². The number of hydrogen-bond donors (Lipinski definition) is 0. The molecule has 0 aromatic heterocycles. The summed E-state index contributed by atoms with van der Waals surface area (Å²) in [6.45, 7) is 14.5. The monoisotopic (exact) mass is 757 g/mol. The zero-order chi connectivity index (χ0) is 39.4. The molecule has 1 aromatic rings. The molecule has 0 aliphatic rings. The first-order chi connectivity index (χ1) is 26.3. The van der Waals surface area contributed by atoms with Crippen molar-refractivity contribution in [3.05, 3.63) is 23.8 Å². The van der Waals surface area contributed by atoms with Gasteiger partial charge in [-0.25, -0.2) is 4.79 Å². The quantitative estimate of drug-likeness (QED) is 0.0382. The summed E-state index contributed by atoms with van der Waals surface area (Å²) in [6.07, 6.45) is 42.0. The number of esters is 1. The number of hydrogen-bond acceptors (Lipinski definition) is 5. The minimum absolute atomic E-state index is 0.364. The van der Waals surface area contributed by atoms with E-state index in [0.29, 0.717) is 19.8 Å². The lowest BCUT2D eigenvalue weighted by Crippen LogP contribution is -2.22. The third-order valence-corrected chi connectivity index (χ3v) is 10.1. The zero-order valence-electron chi connectivity index (χ0n) is 36.7. The lowest BCUT2D eigenvalue weighted by atomic mass is 10.1. The number of ether oxygens (including phenoxy) is 4. The Kier molecular flexibility index (Phi) is 32.5. The summed E-state index contributed by atoms with van der Waals surface area (Å²) in [6, 6.07) is 3.99. The molecule has 0 atom stereocenters. The van der Waals surface area contributed by atoms with Crippen molar-refractivity contribution in [3.8, 4) is 17.2 Å². The highest BCUT2D eigenvalue weighted by atomic mass is 16.6. The van der Waals surface area contributed by atoms with Crippen molar-refractivity contribution in [3.63, 3.8) is 0 Å². The van der Waals surface area contributed by atoms with E-state index in [1.165, 1.54) is 179 Å². The van der Waals surface area contributed by atoms with Crippen LogP contribution in [-0.2, 0) is 9.53 Å². The van der Waals surface area contributed by atoms with Crippen LogP contribution < -0.4 is 14.2 Å². The fourth-order valence-electron chi connectivity index (χ4n) is 6.85. The molecule has 0 amide bonds. The van der Waals surface area contributed by atoms with E-state index in [0.717, 1.165) is 42.1 Å². The standard InChI is InChI=1S/C49H88O5/c1-7-10-13-16-19-22-25-28-31-34-39-51-45-43-47(53-41-36-33-30-27-24-21-18-15-12-9-3)46(42-44(45)37-38-48(50)54-49(4,5)6)52-40-35-32-29-26-23-20-17-14-11-8-2/h37-38,42-43H,7-36,39-41H2,1-6H3. The van der Waals surface area contributed by atoms with E-state index in [9.17, 15) is 4.79 Å². The molecule has 0 aliphatic carbocycles. The molecule has 0 fully saturated rings. The molecule has 0 unspecified atom stereocenters. The van der Waals surface area contributed by atoms with Crippen LogP contribution >= 0.6 is 0 Å². The number of carbonyl (C=O) groups excluding carboxylic acids is 1. The van der Waals surface area contributed by atoms with Crippen molar-refractivity contribution >= 4 is 12.0 Å². The van der Waals surface area contributed by atoms with Crippen molar-refractivity contribution in [2.75, 3.05) is 19.8 Å². The fourth-order valence-corrected chi connectivity index (χ4v) is 6.85. The minimum atomic E-state index is -0.550. The topological polar surface area (TPSA) is 54.0 Å². The second kappa shape index (κ2) is 35.3. The predicted octanol–water partition coefficient (Wildman–Crippen LogP) is 15.9. The average molecular weight is 757 g/mol. The lowest BCUT2D eigenvalue weighted by molar-refractivity contribution is -0.148. The Morgan fingerprint density at radius 1 is 0.444 bits per heavy atom. The van der Waals surface area contributed by atoms with Crippen LogP contribution in [0.25, 0.3) is 6.08 Å². The van der Waals surface area contributed by atoms with Gasteiger partial charge in [-0.05, 0) is 52.2 Å². The molecule has 0 saturated heterocycles. The third-order valence-electron chi connectivity index (χ3n) is 10.1. The maximum Gasteiger partial charge on any atom is 0.331 e. The fraction of sp³-hybridized carbons (Fsp3) is 0.816. The maximum atomic E-state index is 12.7. The van der Waals surface area contributed by atoms with Crippen molar-refractivity contribution in [2.45, 2.75) is 240 Å². The van der Waals surface area contributed by atoms with Crippen LogP contribution in [0.2, 0.25) is 0 Å². The van der Waals surface area contributed by atoms with Crippen LogP contribution in [0.3, 0.4) is 0 Å². The Bertz CT molecular complexity index is 1030. The number of carbonyl (C=O) groups is 1. The van der Waals surface area contributed by atoms with E-state index in [1.807, 2.05) is 32.9 Å². The molecule has 0 radical (unpaired) electrons. The van der Waals surface area contributed by atoms with Gasteiger partial charge in [0.1, 0.15) is 11.4 Å². The average Bonchev–Trinajstić information content (AvgIpc) is 3.14. The molecule has 1 aromatic carbocycles. The van der Waals surface area contributed by atoms with E-state index in [1.54, 1.807) is 6.08 Å². The highest BCUT2D eigenvalue weighted by Crippen LogP contribution is 2.37. The first-order valence-electron chi connectivity index (χ1n) is 23.3.